The van der Waals surface area contributed by atoms with E-state index in [4.69, 9.17) is 4.74 Å². The Morgan fingerprint density at radius 3 is 2.48 bits per heavy atom. The number of fused-ring (bicyclic) bond motifs is 5. The van der Waals surface area contributed by atoms with Gasteiger partial charge in [0.1, 0.15) is 11.9 Å². The monoisotopic (exact) mass is 346 g/mol. The third-order valence-corrected chi connectivity index (χ3v) is 9.37. The molecule has 0 unspecified atom stereocenters. The lowest BCUT2D eigenvalue weighted by Gasteiger charge is -2.64. The number of esters is 1. The molecule has 4 fully saturated rings. The summed E-state index contributed by atoms with van der Waals surface area (Å²) in [5.41, 5.74) is 0.572. The van der Waals surface area contributed by atoms with Crippen LogP contribution in [0.5, 0.6) is 0 Å². The zero-order chi connectivity index (χ0) is 18.0. The summed E-state index contributed by atoms with van der Waals surface area (Å²) in [6, 6.07) is 0. The summed E-state index contributed by atoms with van der Waals surface area (Å²) in [7, 11) is 0. The summed E-state index contributed by atoms with van der Waals surface area (Å²) >= 11 is 0. The number of rotatable bonds is 1. The minimum Gasteiger partial charge on any atom is -0.463 e. The second-order valence-electron chi connectivity index (χ2n) is 10.3. The van der Waals surface area contributed by atoms with Gasteiger partial charge >= 0.3 is 5.97 Å². The Morgan fingerprint density at radius 1 is 1.00 bits per heavy atom. The van der Waals surface area contributed by atoms with Crippen LogP contribution in [0.3, 0.4) is 0 Å². The summed E-state index contributed by atoms with van der Waals surface area (Å²) in [4.78, 5) is 23.9. The average Bonchev–Trinajstić information content (AvgIpc) is 2.84. The van der Waals surface area contributed by atoms with Crippen LogP contribution in [0.25, 0.3) is 0 Å². The van der Waals surface area contributed by atoms with Crippen molar-refractivity contribution in [3.05, 3.63) is 0 Å². The fourth-order valence-corrected chi connectivity index (χ4v) is 7.69. The van der Waals surface area contributed by atoms with Gasteiger partial charge in [0.25, 0.3) is 0 Å². The lowest BCUT2D eigenvalue weighted by molar-refractivity contribution is -0.181. The molecule has 0 spiro atoms. The molecule has 3 heteroatoms. The molecule has 140 valence electrons. The zero-order valence-electron chi connectivity index (χ0n) is 16.4. The molecule has 0 aliphatic heterocycles. The van der Waals surface area contributed by atoms with E-state index in [1.54, 1.807) is 0 Å². The van der Waals surface area contributed by atoms with Gasteiger partial charge in [-0.25, -0.2) is 0 Å². The second kappa shape index (κ2) is 5.57. The van der Waals surface area contributed by atoms with E-state index in [-0.39, 0.29) is 22.9 Å². The number of carbonyl (C=O) groups excluding carboxylic acids is 2. The number of carbonyl (C=O) groups is 2. The minimum absolute atomic E-state index is 0.0276. The molecule has 4 rings (SSSR count). The first-order chi connectivity index (χ1) is 11.7. The minimum atomic E-state index is -0.135. The molecule has 4 saturated carbocycles. The number of hydrogen-bond donors (Lipinski definition) is 0. The van der Waals surface area contributed by atoms with Crippen molar-refractivity contribution < 1.29 is 14.3 Å². The van der Waals surface area contributed by atoms with Crippen LogP contribution in [-0.2, 0) is 14.3 Å². The molecule has 25 heavy (non-hydrogen) atoms. The predicted molar refractivity (Wildman–Crippen MR) is 96.9 cm³/mol. The first-order valence-electron chi connectivity index (χ1n) is 10.4. The van der Waals surface area contributed by atoms with Crippen LogP contribution in [0, 0.1) is 34.0 Å². The normalized spacial score (nSPS) is 52.1. The van der Waals surface area contributed by atoms with Crippen LogP contribution in [0.4, 0.5) is 0 Å². The molecular formula is C22H34O3. The lowest BCUT2D eigenvalue weighted by Crippen LogP contribution is -2.58. The second-order valence-corrected chi connectivity index (χ2v) is 10.3. The number of hydrogen-bond acceptors (Lipinski definition) is 3. The van der Waals surface area contributed by atoms with E-state index >= 15 is 0 Å². The molecule has 4 aliphatic rings. The third-order valence-electron chi connectivity index (χ3n) is 9.37. The van der Waals surface area contributed by atoms with Crippen LogP contribution < -0.4 is 0 Å². The number of Topliss-reactive ketones (excluding diaryl/α,β-unsaturated/α-hetero) is 1. The van der Waals surface area contributed by atoms with Gasteiger partial charge in [-0.3, -0.25) is 9.59 Å². The van der Waals surface area contributed by atoms with E-state index in [1.165, 1.54) is 32.6 Å². The molecular weight excluding hydrogens is 312 g/mol. The predicted octanol–water partition coefficient (Wildman–Crippen LogP) is 4.92. The summed E-state index contributed by atoms with van der Waals surface area (Å²) in [6.07, 6.45) is 10.0. The van der Waals surface area contributed by atoms with Gasteiger partial charge in [-0.2, -0.15) is 0 Å². The van der Waals surface area contributed by atoms with E-state index in [0.29, 0.717) is 17.1 Å². The Morgan fingerprint density at radius 2 is 1.76 bits per heavy atom. The first kappa shape index (κ1) is 17.5. The van der Waals surface area contributed by atoms with Gasteiger partial charge in [-0.1, -0.05) is 20.8 Å². The molecule has 0 heterocycles. The molecule has 3 nitrogen and oxygen atoms in total. The largest absolute Gasteiger partial charge is 0.463 e. The Kier molecular flexibility index (Phi) is 3.91. The Balaban J connectivity index is 1.60. The molecule has 0 aromatic heterocycles. The Labute approximate surface area is 152 Å². The standard InChI is InChI=1S/C22H34O3/c1-14(23)25-15-7-12-22(4)18-9-11-21(3)17(5-6-19(21)24)16(18)8-10-20(22,2)13-15/h15-18H,5-13H2,1-4H3/t15-,16-,17+,18-,20+,21+,22-/m1/s1. The SMILES string of the molecule is CC(=O)O[C@@H]1CC[C@]2(C)[C@@H]3CC[C@]4(C)C(=O)CC[C@H]4[C@H]3CC[C@@]2(C)C1. The van der Waals surface area contributed by atoms with Crippen molar-refractivity contribution in [1.29, 1.82) is 0 Å². The highest BCUT2D eigenvalue weighted by Crippen LogP contribution is 2.69. The highest BCUT2D eigenvalue weighted by molar-refractivity contribution is 5.87. The van der Waals surface area contributed by atoms with Crippen molar-refractivity contribution in [3.8, 4) is 0 Å². The van der Waals surface area contributed by atoms with Crippen molar-refractivity contribution in [1.82, 2.24) is 0 Å². The van der Waals surface area contributed by atoms with Crippen LogP contribution in [0.1, 0.15) is 85.5 Å². The molecule has 0 bridgehead atoms. The molecule has 0 radical (unpaired) electrons. The highest BCUT2D eigenvalue weighted by atomic mass is 16.5. The molecule has 7 atom stereocenters. The van der Waals surface area contributed by atoms with Crippen molar-refractivity contribution in [2.24, 2.45) is 34.0 Å². The van der Waals surface area contributed by atoms with Crippen LogP contribution >= 0.6 is 0 Å². The smallest absolute Gasteiger partial charge is 0.302 e. The molecule has 0 aromatic carbocycles. The molecule has 0 saturated heterocycles. The fourth-order valence-electron chi connectivity index (χ4n) is 7.69. The van der Waals surface area contributed by atoms with Gasteiger partial charge < -0.3 is 4.74 Å². The summed E-state index contributed by atoms with van der Waals surface area (Å²) in [5.74, 6) is 2.49. The molecule has 0 aromatic rings. The van der Waals surface area contributed by atoms with Gasteiger partial charge in [-0.05, 0) is 80.0 Å². The van der Waals surface area contributed by atoms with Crippen LogP contribution in [0.2, 0.25) is 0 Å². The zero-order valence-corrected chi connectivity index (χ0v) is 16.4. The lowest BCUT2D eigenvalue weighted by atomic mass is 9.40. The first-order valence-corrected chi connectivity index (χ1v) is 10.4. The fraction of sp³-hybridized carbons (Fsp3) is 0.909. The van der Waals surface area contributed by atoms with Gasteiger partial charge in [0.15, 0.2) is 0 Å². The molecule has 0 N–H and O–H groups in total. The molecule has 4 aliphatic carbocycles. The molecule has 0 amide bonds. The van der Waals surface area contributed by atoms with Gasteiger partial charge in [-0.15, -0.1) is 0 Å². The van der Waals surface area contributed by atoms with Gasteiger partial charge in [0.05, 0.1) is 0 Å². The van der Waals surface area contributed by atoms with Crippen LogP contribution in [-0.4, -0.2) is 17.9 Å². The van der Waals surface area contributed by atoms with Crippen molar-refractivity contribution >= 4 is 11.8 Å². The van der Waals surface area contributed by atoms with Crippen molar-refractivity contribution in [3.63, 3.8) is 0 Å². The third kappa shape index (κ3) is 2.36. The average molecular weight is 347 g/mol. The van der Waals surface area contributed by atoms with Crippen LogP contribution in [0.15, 0.2) is 0 Å². The summed E-state index contributed by atoms with van der Waals surface area (Å²) in [6.45, 7) is 8.77. The van der Waals surface area contributed by atoms with E-state index in [0.717, 1.165) is 43.9 Å². The summed E-state index contributed by atoms with van der Waals surface area (Å²) in [5, 5.41) is 0. The number of ketones is 1. The Bertz CT molecular complexity index is 598. The maximum Gasteiger partial charge on any atom is 0.302 e. The maximum absolute atomic E-state index is 12.5. The van der Waals surface area contributed by atoms with E-state index in [9.17, 15) is 9.59 Å². The van der Waals surface area contributed by atoms with E-state index < -0.39 is 0 Å². The van der Waals surface area contributed by atoms with E-state index in [1.807, 2.05) is 0 Å². The summed E-state index contributed by atoms with van der Waals surface area (Å²) < 4.78 is 5.60. The maximum atomic E-state index is 12.5. The van der Waals surface area contributed by atoms with Gasteiger partial charge in [0.2, 0.25) is 0 Å². The highest BCUT2D eigenvalue weighted by Gasteiger charge is 2.63. The Hall–Kier alpha value is -0.860. The quantitative estimate of drug-likeness (QED) is 0.633. The van der Waals surface area contributed by atoms with E-state index in [2.05, 4.69) is 20.8 Å². The van der Waals surface area contributed by atoms with Crippen molar-refractivity contribution in [2.75, 3.05) is 0 Å². The van der Waals surface area contributed by atoms with Gasteiger partial charge in [0, 0.05) is 18.8 Å². The topological polar surface area (TPSA) is 43.4 Å². The van der Waals surface area contributed by atoms with Crippen molar-refractivity contribution in [2.45, 2.75) is 91.6 Å². The number of ether oxygens (including phenoxy) is 1.